The van der Waals surface area contributed by atoms with Crippen LogP contribution in [0.15, 0.2) is 18.3 Å². The zero-order valence-electron chi connectivity index (χ0n) is 7.67. The molecule has 1 aromatic rings. The summed E-state index contributed by atoms with van der Waals surface area (Å²) in [6.07, 6.45) is 3.42. The van der Waals surface area contributed by atoms with E-state index in [1.807, 2.05) is 0 Å². The molecule has 0 saturated carbocycles. The van der Waals surface area contributed by atoms with Crippen molar-refractivity contribution in [2.45, 2.75) is 33.7 Å². The van der Waals surface area contributed by atoms with Crippen molar-refractivity contribution in [1.82, 2.24) is 4.57 Å². The van der Waals surface area contributed by atoms with E-state index in [4.69, 9.17) is 0 Å². The first-order valence-corrected chi connectivity index (χ1v) is 4.32. The lowest BCUT2D eigenvalue weighted by Gasteiger charge is -2.07. The first-order valence-electron chi connectivity index (χ1n) is 4.32. The third kappa shape index (κ3) is 2.41. The molecule has 0 bridgehead atoms. The lowest BCUT2D eigenvalue weighted by molar-refractivity contribution is 0.512. The van der Waals surface area contributed by atoms with Crippen LogP contribution >= 0.6 is 0 Å². The molecular formula is C10H17N. The quantitative estimate of drug-likeness (QED) is 0.626. The summed E-state index contributed by atoms with van der Waals surface area (Å²) >= 11 is 0. The molecule has 1 rings (SSSR count). The molecule has 0 aromatic carbocycles. The first-order chi connectivity index (χ1) is 5.20. The SMILES string of the molecule is Cc1cccn1CCC(C)C. The highest BCUT2D eigenvalue weighted by Gasteiger charge is 1.96. The van der Waals surface area contributed by atoms with E-state index < -0.39 is 0 Å². The minimum Gasteiger partial charge on any atom is -0.352 e. The molecule has 0 saturated heterocycles. The second-order valence-corrected chi connectivity index (χ2v) is 3.53. The fourth-order valence-electron chi connectivity index (χ4n) is 1.15. The van der Waals surface area contributed by atoms with E-state index in [-0.39, 0.29) is 0 Å². The highest BCUT2D eigenvalue weighted by Crippen LogP contribution is 2.05. The van der Waals surface area contributed by atoms with Gasteiger partial charge in [0.25, 0.3) is 0 Å². The van der Waals surface area contributed by atoms with Gasteiger partial charge in [0.2, 0.25) is 0 Å². The van der Waals surface area contributed by atoms with Gasteiger partial charge in [-0.25, -0.2) is 0 Å². The van der Waals surface area contributed by atoms with Crippen LogP contribution in [0.25, 0.3) is 0 Å². The van der Waals surface area contributed by atoms with Gasteiger partial charge in [0.15, 0.2) is 0 Å². The van der Waals surface area contributed by atoms with Crippen molar-refractivity contribution >= 4 is 0 Å². The van der Waals surface area contributed by atoms with E-state index in [0.29, 0.717) is 0 Å². The van der Waals surface area contributed by atoms with E-state index in [0.717, 1.165) is 12.5 Å². The van der Waals surface area contributed by atoms with Crippen LogP contribution in [-0.4, -0.2) is 4.57 Å². The van der Waals surface area contributed by atoms with Crippen LogP contribution in [0, 0.1) is 12.8 Å². The minimum absolute atomic E-state index is 0.803. The second kappa shape index (κ2) is 3.61. The summed E-state index contributed by atoms with van der Waals surface area (Å²) in [5, 5.41) is 0. The summed E-state index contributed by atoms with van der Waals surface area (Å²) in [5.74, 6) is 0.803. The molecule has 0 aliphatic carbocycles. The maximum atomic E-state index is 2.31. The summed E-state index contributed by atoms with van der Waals surface area (Å²) in [6, 6.07) is 4.26. The van der Waals surface area contributed by atoms with Crippen molar-refractivity contribution in [3.8, 4) is 0 Å². The van der Waals surface area contributed by atoms with Gasteiger partial charge in [0.1, 0.15) is 0 Å². The minimum atomic E-state index is 0.803. The average molecular weight is 151 g/mol. The largest absolute Gasteiger partial charge is 0.352 e. The van der Waals surface area contributed by atoms with Crippen molar-refractivity contribution in [3.63, 3.8) is 0 Å². The van der Waals surface area contributed by atoms with Gasteiger partial charge in [0, 0.05) is 18.4 Å². The zero-order chi connectivity index (χ0) is 8.27. The molecule has 0 fully saturated rings. The Bertz CT molecular complexity index is 210. The third-order valence-electron chi connectivity index (χ3n) is 2.00. The predicted octanol–water partition coefficient (Wildman–Crippen LogP) is 2.84. The Labute approximate surface area is 69.0 Å². The normalized spacial score (nSPS) is 10.9. The molecule has 0 aliphatic rings. The third-order valence-corrected chi connectivity index (χ3v) is 2.00. The number of rotatable bonds is 3. The van der Waals surface area contributed by atoms with Crippen LogP contribution < -0.4 is 0 Å². The molecule has 0 unspecified atom stereocenters. The van der Waals surface area contributed by atoms with Crippen LogP contribution in [0.1, 0.15) is 26.0 Å². The molecule has 11 heavy (non-hydrogen) atoms. The molecule has 1 aromatic heterocycles. The molecule has 0 aliphatic heterocycles. The lowest BCUT2D eigenvalue weighted by atomic mass is 10.1. The van der Waals surface area contributed by atoms with Crippen LogP contribution in [0.5, 0.6) is 0 Å². The van der Waals surface area contributed by atoms with E-state index in [1.165, 1.54) is 12.1 Å². The van der Waals surface area contributed by atoms with E-state index in [9.17, 15) is 0 Å². The molecule has 1 heteroatoms. The fourth-order valence-corrected chi connectivity index (χ4v) is 1.15. The van der Waals surface area contributed by atoms with Crippen molar-refractivity contribution in [2.24, 2.45) is 5.92 Å². The number of aryl methyl sites for hydroxylation is 2. The van der Waals surface area contributed by atoms with Gasteiger partial charge in [0.05, 0.1) is 0 Å². The Morgan fingerprint density at radius 1 is 1.45 bits per heavy atom. The van der Waals surface area contributed by atoms with Gasteiger partial charge in [-0.3, -0.25) is 0 Å². The van der Waals surface area contributed by atoms with E-state index >= 15 is 0 Å². The number of nitrogens with zero attached hydrogens (tertiary/aromatic N) is 1. The Hall–Kier alpha value is -0.720. The monoisotopic (exact) mass is 151 g/mol. The van der Waals surface area contributed by atoms with Crippen LogP contribution in [0.2, 0.25) is 0 Å². The van der Waals surface area contributed by atoms with Gasteiger partial charge >= 0.3 is 0 Å². The molecule has 62 valence electrons. The Morgan fingerprint density at radius 3 is 2.64 bits per heavy atom. The second-order valence-electron chi connectivity index (χ2n) is 3.53. The molecule has 1 heterocycles. The summed E-state index contributed by atoms with van der Waals surface area (Å²) in [4.78, 5) is 0. The predicted molar refractivity (Wildman–Crippen MR) is 48.6 cm³/mol. The Balaban J connectivity index is 2.44. The molecule has 0 N–H and O–H groups in total. The zero-order valence-corrected chi connectivity index (χ0v) is 7.67. The van der Waals surface area contributed by atoms with Gasteiger partial charge < -0.3 is 4.57 Å². The molecule has 0 atom stereocenters. The number of hydrogen-bond donors (Lipinski definition) is 0. The first kappa shape index (κ1) is 8.38. The molecule has 0 spiro atoms. The van der Waals surface area contributed by atoms with Gasteiger partial charge in [-0.05, 0) is 31.4 Å². The van der Waals surface area contributed by atoms with Gasteiger partial charge in [-0.15, -0.1) is 0 Å². The molecule has 1 nitrogen and oxygen atoms in total. The van der Waals surface area contributed by atoms with Gasteiger partial charge in [-0.2, -0.15) is 0 Å². The number of hydrogen-bond acceptors (Lipinski definition) is 0. The summed E-state index contributed by atoms with van der Waals surface area (Å²) < 4.78 is 2.31. The van der Waals surface area contributed by atoms with E-state index in [1.54, 1.807) is 0 Å². The van der Waals surface area contributed by atoms with Crippen molar-refractivity contribution in [1.29, 1.82) is 0 Å². The fraction of sp³-hybridized carbons (Fsp3) is 0.600. The van der Waals surface area contributed by atoms with Gasteiger partial charge in [-0.1, -0.05) is 13.8 Å². The van der Waals surface area contributed by atoms with Crippen molar-refractivity contribution in [2.75, 3.05) is 0 Å². The van der Waals surface area contributed by atoms with Crippen LogP contribution in [-0.2, 0) is 6.54 Å². The maximum Gasteiger partial charge on any atom is 0.0224 e. The Kier molecular flexibility index (Phi) is 2.75. The summed E-state index contributed by atoms with van der Waals surface area (Å²) in [7, 11) is 0. The topological polar surface area (TPSA) is 4.93 Å². The smallest absolute Gasteiger partial charge is 0.0224 e. The molecule has 0 amide bonds. The lowest BCUT2D eigenvalue weighted by Crippen LogP contribution is -2.01. The van der Waals surface area contributed by atoms with Crippen molar-refractivity contribution < 1.29 is 0 Å². The number of aromatic nitrogens is 1. The van der Waals surface area contributed by atoms with Crippen LogP contribution in [0.4, 0.5) is 0 Å². The summed E-state index contributed by atoms with van der Waals surface area (Å²) in [6.45, 7) is 7.84. The standard InChI is InChI=1S/C10H17N/c1-9(2)6-8-11-7-4-5-10(11)3/h4-5,7,9H,6,8H2,1-3H3. The highest BCUT2D eigenvalue weighted by atomic mass is 14.9. The maximum absolute atomic E-state index is 2.31. The molecular weight excluding hydrogens is 134 g/mol. The average Bonchev–Trinajstić information content (AvgIpc) is 2.31. The summed E-state index contributed by atoms with van der Waals surface area (Å²) in [5.41, 5.74) is 1.37. The van der Waals surface area contributed by atoms with E-state index in [2.05, 4.69) is 43.7 Å². The highest BCUT2D eigenvalue weighted by molar-refractivity contribution is 5.04. The van der Waals surface area contributed by atoms with Crippen LogP contribution in [0.3, 0.4) is 0 Å². The van der Waals surface area contributed by atoms with Crippen molar-refractivity contribution in [3.05, 3.63) is 24.0 Å². The molecule has 0 radical (unpaired) electrons. The Morgan fingerprint density at radius 2 is 2.18 bits per heavy atom.